The van der Waals surface area contributed by atoms with E-state index in [1.54, 1.807) is 19.5 Å². The highest BCUT2D eigenvalue weighted by Gasteiger charge is 2.24. The van der Waals surface area contributed by atoms with E-state index in [9.17, 15) is 4.79 Å². The third kappa shape index (κ3) is 3.81. The first-order valence-electron chi connectivity index (χ1n) is 7.73. The normalized spacial score (nSPS) is 11.8. The van der Waals surface area contributed by atoms with E-state index in [4.69, 9.17) is 27.9 Å². The number of aromatic nitrogens is 3. The minimum absolute atomic E-state index is 0.0567. The number of imidazole rings is 1. The van der Waals surface area contributed by atoms with E-state index in [-0.39, 0.29) is 15.9 Å². The number of amides is 1. The molecule has 26 heavy (non-hydrogen) atoms. The standard InChI is InChI=1S/C18H16Cl2N4O2/c1-24-9-8-21-17(24)15(11-4-3-5-12(10-11)26-2)23-18(25)16-13(19)6-7-14(20)22-16/h3-10,15H,1-2H3,(H,23,25). The van der Waals surface area contributed by atoms with Crippen molar-refractivity contribution < 1.29 is 9.53 Å². The number of hydrogen-bond donors (Lipinski definition) is 1. The third-order valence-electron chi connectivity index (χ3n) is 3.85. The monoisotopic (exact) mass is 390 g/mol. The summed E-state index contributed by atoms with van der Waals surface area (Å²) in [5.74, 6) is 0.882. The van der Waals surface area contributed by atoms with Gasteiger partial charge < -0.3 is 14.6 Å². The Morgan fingerprint density at radius 3 is 2.77 bits per heavy atom. The lowest BCUT2D eigenvalue weighted by Crippen LogP contribution is -2.32. The Balaban J connectivity index is 2.00. The van der Waals surface area contributed by atoms with E-state index in [2.05, 4.69) is 15.3 Å². The molecule has 2 heterocycles. The van der Waals surface area contributed by atoms with Crippen molar-refractivity contribution in [2.45, 2.75) is 6.04 Å². The highest BCUT2D eigenvalue weighted by molar-refractivity contribution is 6.34. The van der Waals surface area contributed by atoms with Crippen LogP contribution in [-0.4, -0.2) is 27.6 Å². The molecular weight excluding hydrogens is 375 g/mol. The predicted octanol–water partition coefficient (Wildman–Crippen LogP) is 3.65. The van der Waals surface area contributed by atoms with Crippen LogP contribution >= 0.6 is 23.2 Å². The molecule has 0 radical (unpaired) electrons. The SMILES string of the molecule is COc1cccc(C(NC(=O)c2nc(Cl)ccc2Cl)c2nccn2C)c1. The number of aryl methyl sites for hydroxylation is 1. The van der Waals surface area contributed by atoms with Crippen molar-refractivity contribution in [1.29, 1.82) is 0 Å². The minimum Gasteiger partial charge on any atom is -0.497 e. The van der Waals surface area contributed by atoms with Crippen LogP contribution in [0.5, 0.6) is 5.75 Å². The second kappa shape index (κ2) is 7.76. The molecule has 1 N–H and O–H groups in total. The summed E-state index contributed by atoms with van der Waals surface area (Å²) in [5, 5.41) is 3.34. The summed E-state index contributed by atoms with van der Waals surface area (Å²) in [5.41, 5.74) is 0.867. The number of halogens is 2. The van der Waals surface area contributed by atoms with Crippen LogP contribution in [0.3, 0.4) is 0 Å². The molecule has 0 fully saturated rings. The Morgan fingerprint density at radius 1 is 1.27 bits per heavy atom. The number of nitrogens with one attached hydrogen (secondary N) is 1. The number of ether oxygens (including phenoxy) is 1. The van der Waals surface area contributed by atoms with Gasteiger partial charge in [0.2, 0.25) is 0 Å². The van der Waals surface area contributed by atoms with E-state index in [0.29, 0.717) is 11.6 Å². The Bertz CT molecular complexity index is 942. The zero-order valence-corrected chi connectivity index (χ0v) is 15.6. The van der Waals surface area contributed by atoms with Gasteiger partial charge in [0.1, 0.15) is 28.5 Å². The van der Waals surface area contributed by atoms with Crippen molar-refractivity contribution in [3.63, 3.8) is 0 Å². The van der Waals surface area contributed by atoms with Crippen LogP contribution in [0.4, 0.5) is 0 Å². The highest BCUT2D eigenvalue weighted by Crippen LogP contribution is 2.25. The van der Waals surface area contributed by atoms with Gasteiger partial charge in [0.25, 0.3) is 5.91 Å². The lowest BCUT2D eigenvalue weighted by molar-refractivity contribution is 0.0936. The fourth-order valence-electron chi connectivity index (χ4n) is 2.55. The zero-order chi connectivity index (χ0) is 18.7. The van der Waals surface area contributed by atoms with Crippen molar-refractivity contribution in [3.05, 3.63) is 76.0 Å². The molecule has 1 amide bonds. The molecule has 0 saturated heterocycles. The average molecular weight is 391 g/mol. The molecule has 2 aromatic heterocycles. The van der Waals surface area contributed by atoms with Crippen molar-refractivity contribution in [2.24, 2.45) is 7.05 Å². The third-order valence-corrected chi connectivity index (χ3v) is 4.36. The Morgan fingerprint density at radius 2 is 2.08 bits per heavy atom. The van der Waals surface area contributed by atoms with Crippen LogP contribution < -0.4 is 10.1 Å². The fourth-order valence-corrected chi connectivity index (χ4v) is 2.89. The van der Waals surface area contributed by atoms with Gasteiger partial charge in [-0.2, -0.15) is 0 Å². The van der Waals surface area contributed by atoms with E-state index in [1.807, 2.05) is 35.9 Å². The number of carbonyl (C=O) groups excluding carboxylic acids is 1. The highest BCUT2D eigenvalue weighted by atomic mass is 35.5. The second-order valence-electron chi connectivity index (χ2n) is 5.54. The topological polar surface area (TPSA) is 69.0 Å². The summed E-state index contributed by atoms with van der Waals surface area (Å²) < 4.78 is 7.12. The number of rotatable bonds is 5. The maximum absolute atomic E-state index is 12.8. The van der Waals surface area contributed by atoms with Crippen LogP contribution in [0, 0.1) is 0 Å². The summed E-state index contributed by atoms with van der Waals surface area (Å²) in [4.78, 5) is 21.2. The maximum Gasteiger partial charge on any atom is 0.272 e. The number of hydrogen-bond acceptors (Lipinski definition) is 4. The van der Waals surface area contributed by atoms with Crippen molar-refractivity contribution in [1.82, 2.24) is 19.9 Å². The van der Waals surface area contributed by atoms with Gasteiger partial charge in [-0.25, -0.2) is 9.97 Å². The van der Waals surface area contributed by atoms with Gasteiger partial charge in [-0.3, -0.25) is 4.79 Å². The molecule has 0 aliphatic rings. The van der Waals surface area contributed by atoms with Crippen LogP contribution in [0.1, 0.15) is 27.9 Å². The lowest BCUT2D eigenvalue weighted by atomic mass is 10.1. The first-order chi connectivity index (χ1) is 12.5. The molecule has 3 aromatic rings. The maximum atomic E-state index is 12.8. The van der Waals surface area contributed by atoms with Crippen LogP contribution in [0.25, 0.3) is 0 Å². The summed E-state index contributed by atoms with van der Waals surface area (Å²) in [6.07, 6.45) is 3.47. The minimum atomic E-state index is -0.519. The summed E-state index contributed by atoms with van der Waals surface area (Å²) in [6, 6.07) is 9.94. The molecule has 0 aliphatic heterocycles. The number of pyridine rings is 1. The Kier molecular flexibility index (Phi) is 5.44. The second-order valence-corrected chi connectivity index (χ2v) is 6.34. The van der Waals surface area contributed by atoms with Gasteiger partial charge in [-0.1, -0.05) is 35.3 Å². The van der Waals surface area contributed by atoms with Crippen molar-refractivity contribution >= 4 is 29.1 Å². The van der Waals surface area contributed by atoms with E-state index in [0.717, 1.165) is 5.56 Å². The van der Waals surface area contributed by atoms with Crippen molar-refractivity contribution in [2.75, 3.05) is 7.11 Å². The van der Waals surface area contributed by atoms with Crippen LogP contribution in [-0.2, 0) is 7.05 Å². The van der Waals surface area contributed by atoms with Gasteiger partial charge in [0, 0.05) is 19.4 Å². The first kappa shape index (κ1) is 18.2. The molecule has 1 aromatic carbocycles. The number of nitrogens with zero attached hydrogens (tertiary/aromatic N) is 3. The number of methoxy groups -OCH3 is 1. The van der Waals surface area contributed by atoms with Gasteiger partial charge in [0.15, 0.2) is 0 Å². The van der Waals surface area contributed by atoms with Gasteiger partial charge in [-0.05, 0) is 29.8 Å². The molecule has 0 bridgehead atoms. The molecule has 134 valence electrons. The Hall–Kier alpha value is -2.57. The molecule has 3 rings (SSSR count). The van der Waals surface area contributed by atoms with Crippen LogP contribution in [0.15, 0.2) is 48.8 Å². The quantitative estimate of drug-likeness (QED) is 0.675. The lowest BCUT2D eigenvalue weighted by Gasteiger charge is -2.20. The molecule has 0 spiro atoms. The summed E-state index contributed by atoms with van der Waals surface area (Å²) >= 11 is 12.0. The molecule has 0 saturated carbocycles. The van der Waals surface area contributed by atoms with E-state index >= 15 is 0 Å². The molecule has 0 aliphatic carbocycles. The zero-order valence-electron chi connectivity index (χ0n) is 14.1. The van der Waals surface area contributed by atoms with E-state index in [1.165, 1.54) is 12.1 Å². The van der Waals surface area contributed by atoms with Crippen molar-refractivity contribution in [3.8, 4) is 5.75 Å². The van der Waals surface area contributed by atoms with E-state index < -0.39 is 11.9 Å². The van der Waals surface area contributed by atoms with Gasteiger partial charge in [-0.15, -0.1) is 0 Å². The number of benzene rings is 1. The van der Waals surface area contributed by atoms with Gasteiger partial charge >= 0.3 is 0 Å². The molecule has 1 unspecified atom stereocenters. The Labute approximate surface area is 160 Å². The predicted molar refractivity (Wildman–Crippen MR) is 99.8 cm³/mol. The van der Waals surface area contributed by atoms with Crippen LogP contribution in [0.2, 0.25) is 10.2 Å². The fraction of sp³-hybridized carbons (Fsp3) is 0.167. The summed E-state index contributed by atoms with van der Waals surface area (Å²) in [6.45, 7) is 0. The average Bonchev–Trinajstić information content (AvgIpc) is 3.07. The number of carbonyl (C=O) groups is 1. The van der Waals surface area contributed by atoms with Gasteiger partial charge in [0.05, 0.1) is 12.1 Å². The molecular formula is C18H16Cl2N4O2. The molecule has 8 heteroatoms. The smallest absolute Gasteiger partial charge is 0.272 e. The first-order valence-corrected chi connectivity index (χ1v) is 8.49. The molecule has 6 nitrogen and oxygen atoms in total. The molecule has 1 atom stereocenters. The largest absolute Gasteiger partial charge is 0.497 e. The summed E-state index contributed by atoms with van der Waals surface area (Å²) in [7, 11) is 3.44.